The molecule has 0 bridgehead atoms. The van der Waals surface area contributed by atoms with Crippen LogP contribution in [0.25, 0.3) is 0 Å². The summed E-state index contributed by atoms with van der Waals surface area (Å²) in [5.74, 6) is 0. The fraction of sp³-hybridized carbons (Fsp3) is 1.00. The van der Waals surface area contributed by atoms with Crippen LogP contribution in [-0.2, 0) is 37.5 Å². The van der Waals surface area contributed by atoms with Crippen LogP contribution < -0.4 is 0 Å². The predicted octanol–water partition coefficient (Wildman–Crippen LogP) is 11.1. The average Bonchev–Trinajstić information content (AvgIpc) is 2.81. The minimum absolute atomic E-state index is 0.422. The van der Waals surface area contributed by atoms with Gasteiger partial charge in [-0.1, -0.05) is 80.1 Å². The summed E-state index contributed by atoms with van der Waals surface area (Å²) < 4.78 is 0. The second kappa shape index (κ2) is 42.0. The second-order valence-electron chi connectivity index (χ2n) is 7.80. The van der Waals surface area contributed by atoms with Gasteiger partial charge in [0.25, 0.3) is 0 Å². The Bertz CT molecular complexity index is 189. The van der Waals surface area contributed by atoms with Crippen molar-refractivity contribution in [3.05, 3.63) is 0 Å². The van der Waals surface area contributed by atoms with Gasteiger partial charge >= 0.3 is 56.4 Å². The van der Waals surface area contributed by atoms with E-state index in [-0.39, 0.29) is 0 Å². The van der Waals surface area contributed by atoms with Crippen molar-refractivity contribution in [1.29, 1.82) is 0 Å². The quantitative estimate of drug-likeness (QED) is 0.120. The summed E-state index contributed by atoms with van der Waals surface area (Å²) in [6, 6.07) is 0. The van der Waals surface area contributed by atoms with Crippen LogP contribution in [-0.4, -0.2) is 37.0 Å². The number of hydrogen-bond acceptors (Lipinski definition) is 0. The van der Waals surface area contributed by atoms with Gasteiger partial charge in [0.2, 0.25) is 0 Å². The molecule has 0 aromatic heterocycles. The molecule has 0 spiro atoms. The number of unbranched alkanes of at least 4 members (excludes halogenated alkanes) is 6. The van der Waals surface area contributed by atoms with Gasteiger partial charge in [0.15, 0.2) is 0 Å². The Hall–Kier alpha value is 2.82. The zero-order valence-electron chi connectivity index (χ0n) is 21.0. The van der Waals surface area contributed by atoms with E-state index < -0.39 is 0 Å². The maximum atomic E-state index is 4.61. The van der Waals surface area contributed by atoms with Crippen molar-refractivity contribution in [2.24, 2.45) is 0 Å². The molecular formula is C24H54Cl2P2Pt2. The molecule has 0 fully saturated rings. The summed E-state index contributed by atoms with van der Waals surface area (Å²) in [6.07, 6.45) is 26.4. The van der Waals surface area contributed by atoms with Crippen molar-refractivity contribution in [2.75, 3.05) is 37.0 Å². The van der Waals surface area contributed by atoms with Gasteiger partial charge in [-0.15, -0.1) is 15.8 Å². The van der Waals surface area contributed by atoms with E-state index in [1.165, 1.54) is 77.0 Å². The van der Waals surface area contributed by atoms with E-state index in [1.54, 1.807) is 74.5 Å². The first-order valence-corrected chi connectivity index (χ1v) is 21.8. The molecule has 0 aliphatic rings. The summed E-state index contributed by atoms with van der Waals surface area (Å²) in [4.78, 5) is 0. The van der Waals surface area contributed by atoms with Gasteiger partial charge in [-0.2, -0.15) is 0 Å². The SMILES string of the molecule is CCCCP(CCCC)CCCC.CCCCP(CCCC)CCCC.[Cl][Pt].[Cl][Pt]. The molecule has 0 aliphatic carbocycles. The van der Waals surface area contributed by atoms with Crippen LogP contribution in [0.15, 0.2) is 0 Å². The van der Waals surface area contributed by atoms with Crippen molar-refractivity contribution < 1.29 is 37.5 Å². The number of halogens is 2. The normalized spacial score (nSPS) is 10.1. The Morgan fingerprint density at radius 2 is 0.500 bits per heavy atom. The maximum absolute atomic E-state index is 4.61. The predicted molar refractivity (Wildman–Crippen MR) is 144 cm³/mol. The summed E-state index contributed by atoms with van der Waals surface area (Å²) in [5.41, 5.74) is 0. The molecule has 0 radical (unpaired) electrons. The Kier molecular flexibility index (Phi) is 56.0. The van der Waals surface area contributed by atoms with E-state index >= 15 is 0 Å². The average molecular weight is 866 g/mol. The molecule has 0 aliphatic heterocycles. The van der Waals surface area contributed by atoms with Crippen LogP contribution in [0.1, 0.15) is 119 Å². The fourth-order valence-electron chi connectivity index (χ4n) is 2.96. The van der Waals surface area contributed by atoms with E-state index in [4.69, 9.17) is 0 Å². The summed E-state index contributed by atoms with van der Waals surface area (Å²) >= 11 is 3.22. The Balaban J connectivity index is -0.000000193. The molecule has 0 unspecified atom stereocenters. The van der Waals surface area contributed by atoms with Crippen molar-refractivity contribution >= 4 is 34.7 Å². The Morgan fingerprint density at radius 1 is 0.367 bits per heavy atom. The van der Waals surface area contributed by atoms with Gasteiger partial charge in [0, 0.05) is 0 Å². The third-order valence-electron chi connectivity index (χ3n) is 4.97. The van der Waals surface area contributed by atoms with Crippen LogP contribution in [0, 0.1) is 0 Å². The molecule has 0 aromatic rings. The Labute approximate surface area is 226 Å². The van der Waals surface area contributed by atoms with Gasteiger partial charge in [0.1, 0.15) is 0 Å². The standard InChI is InChI=1S/2C12H27P.2ClH.2Pt/c2*1-4-7-10-13(11-8-5-2)12-9-6-3;;;;/h2*4-12H2,1-3H3;2*1H;;/q;;;;2*+1/p-2. The third-order valence-corrected chi connectivity index (χ3v) is 10.7. The molecule has 0 aromatic carbocycles. The van der Waals surface area contributed by atoms with E-state index in [9.17, 15) is 0 Å². The zero-order valence-corrected chi connectivity index (χ0v) is 28.9. The van der Waals surface area contributed by atoms with Gasteiger partial charge in [-0.3, -0.25) is 0 Å². The van der Waals surface area contributed by atoms with Gasteiger partial charge < -0.3 is 0 Å². The second-order valence-corrected chi connectivity index (χ2v) is 13.2. The van der Waals surface area contributed by atoms with E-state index in [0.29, 0.717) is 15.8 Å². The Morgan fingerprint density at radius 3 is 0.600 bits per heavy atom. The van der Waals surface area contributed by atoms with Crippen LogP contribution in [0.4, 0.5) is 0 Å². The van der Waals surface area contributed by atoms with Crippen molar-refractivity contribution in [3.63, 3.8) is 0 Å². The van der Waals surface area contributed by atoms with E-state index in [0.717, 1.165) is 0 Å². The first-order valence-electron chi connectivity index (χ1n) is 12.4. The topological polar surface area (TPSA) is 0 Å². The van der Waals surface area contributed by atoms with Crippen LogP contribution in [0.2, 0.25) is 0 Å². The minimum atomic E-state index is 0.422. The molecule has 0 atom stereocenters. The number of hydrogen-bond donors (Lipinski definition) is 0. The van der Waals surface area contributed by atoms with Gasteiger partial charge in [0.05, 0.1) is 0 Å². The van der Waals surface area contributed by atoms with Crippen molar-refractivity contribution in [2.45, 2.75) is 119 Å². The summed E-state index contributed by atoms with van der Waals surface area (Å²) in [6.45, 7) is 13.9. The summed E-state index contributed by atoms with van der Waals surface area (Å²) in [5, 5.41) is 0. The molecule has 0 nitrogen and oxygen atoms in total. The molecule has 0 saturated heterocycles. The van der Waals surface area contributed by atoms with Crippen LogP contribution >= 0.6 is 34.7 Å². The van der Waals surface area contributed by atoms with Gasteiger partial charge in [-0.05, 0) is 75.5 Å². The molecule has 30 heavy (non-hydrogen) atoms. The molecule has 0 saturated carbocycles. The van der Waals surface area contributed by atoms with Crippen LogP contribution in [0.3, 0.4) is 0 Å². The zero-order chi connectivity index (χ0) is 23.9. The van der Waals surface area contributed by atoms with Crippen molar-refractivity contribution in [3.8, 4) is 0 Å². The third kappa shape index (κ3) is 38.1. The molecule has 0 N–H and O–H groups in total. The molecular weight excluding hydrogens is 811 g/mol. The number of rotatable bonds is 18. The first-order chi connectivity index (χ1) is 14.7. The van der Waals surface area contributed by atoms with Gasteiger partial charge in [-0.25, -0.2) is 0 Å². The fourth-order valence-corrected chi connectivity index (χ4v) is 8.88. The monoisotopic (exact) mass is 864 g/mol. The molecule has 0 rings (SSSR count). The molecule has 0 amide bonds. The van der Waals surface area contributed by atoms with E-state index in [2.05, 4.69) is 60.4 Å². The van der Waals surface area contributed by atoms with E-state index in [1.807, 2.05) is 0 Å². The molecule has 0 heterocycles. The molecule has 6 heteroatoms. The molecule has 194 valence electrons. The van der Waals surface area contributed by atoms with Crippen LogP contribution in [0.5, 0.6) is 0 Å². The first kappa shape index (κ1) is 40.0. The summed E-state index contributed by atoms with van der Waals surface area (Å²) in [7, 11) is 10.1. The van der Waals surface area contributed by atoms with Crippen molar-refractivity contribution in [1.82, 2.24) is 0 Å².